The van der Waals surface area contributed by atoms with E-state index in [0.29, 0.717) is 5.75 Å². The number of amides is 1. The van der Waals surface area contributed by atoms with E-state index in [1.54, 1.807) is 30.4 Å². The first-order valence-corrected chi connectivity index (χ1v) is 9.33. The van der Waals surface area contributed by atoms with Gasteiger partial charge in [0.25, 0.3) is 5.91 Å². The molecule has 1 N–H and O–H groups in total. The van der Waals surface area contributed by atoms with Crippen LogP contribution in [0.3, 0.4) is 0 Å². The van der Waals surface area contributed by atoms with Crippen molar-refractivity contribution in [3.8, 4) is 5.75 Å². The second kappa shape index (κ2) is 8.15. The minimum Gasteiger partial charge on any atom is -0.481 e. The van der Waals surface area contributed by atoms with Gasteiger partial charge in [-0.15, -0.1) is 23.5 Å². The number of anilines is 1. The molecular weight excluding hydrogens is 314 g/mol. The molecule has 2 aromatic rings. The van der Waals surface area contributed by atoms with Gasteiger partial charge in [-0.3, -0.25) is 4.79 Å². The highest BCUT2D eigenvalue weighted by Gasteiger charge is 2.16. The molecule has 0 fully saturated rings. The summed E-state index contributed by atoms with van der Waals surface area (Å²) < 4.78 is 5.69. The van der Waals surface area contributed by atoms with Crippen LogP contribution in [0.2, 0.25) is 0 Å². The number of para-hydroxylation sites is 1. The van der Waals surface area contributed by atoms with Crippen LogP contribution in [0.15, 0.2) is 58.3 Å². The van der Waals surface area contributed by atoms with Gasteiger partial charge in [-0.1, -0.05) is 12.1 Å². The molecule has 1 unspecified atom stereocenters. The number of hydrogen-bond donors (Lipinski definition) is 1. The Kier molecular flexibility index (Phi) is 6.21. The van der Waals surface area contributed by atoms with Crippen molar-refractivity contribution in [3.05, 3.63) is 48.5 Å². The zero-order chi connectivity index (χ0) is 15.9. The van der Waals surface area contributed by atoms with Gasteiger partial charge in [0.15, 0.2) is 6.10 Å². The molecule has 0 radical (unpaired) electrons. The molecule has 116 valence electrons. The Morgan fingerprint density at radius 1 is 1.05 bits per heavy atom. The zero-order valence-electron chi connectivity index (χ0n) is 12.8. The summed E-state index contributed by atoms with van der Waals surface area (Å²) in [7, 11) is 0. The smallest absolute Gasteiger partial charge is 0.265 e. The molecular formula is C17H19NO2S2. The number of hydrogen-bond acceptors (Lipinski definition) is 4. The maximum Gasteiger partial charge on any atom is 0.265 e. The van der Waals surface area contributed by atoms with Crippen LogP contribution >= 0.6 is 23.5 Å². The topological polar surface area (TPSA) is 38.3 Å². The van der Waals surface area contributed by atoms with Crippen molar-refractivity contribution in [2.24, 2.45) is 0 Å². The number of thioether (sulfide) groups is 2. The molecule has 0 aliphatic carbocycles. The Balaban J connectivity index is 1.99. The van der Waals surface area contributed by atoms with Crippen LogP contribution in [0.4, 0.5) is 5.69 Å². The number of nitrogens with one attached hydrogen (secondary N) is 1. The van der Waals surface area contributed by atoms with Crippen molar-refractivity contribution in [3.63, 3.8) is 0 Å². The number of rotatable bonds is 6. The zero-order valence-corrected chi connectivity index (χ0v) is 14.5. The van der Waals surface area contributed by atoms with Gasteiger partial charge in [0.05, 0.1) is 5.69 Å². The van der Waals surface area contributed by atoms with Gasteiger partial charge in [-0.25, -0.2) is 0 Å². The number of carbonyl (C=O) groups excluding carboxylic acids is 1. The first-order chi connectivity index (χ1) is 10.6. The Morgan fingerprint density at radius 3 is 2.36 bits per heavy atom. The molecule has 2 aromatic carbocycles. The predicted octanol–water partition coefficient (Wildman–Crippen LogP) is 4.54. The predicted molar refractivity (Wildman–Crippen MR) is 95.2 cm³/mol. The largest absolute Gasteiger partial charge is 0.481 e. The lowest BCUT2D eigenvalue weighted by Crippen LogP contribution is -2.30. The quantitative estimate of drug-likeness (QED) is 0.788. The van der Waals surface area contributed by atoms with Gasteiger partial charge in [0.2, 0.25) is 0 Å². The van der Waals surface area contributed by atoms with Crippen molar-refractivity contribution in [1.29, 1.82) is 0 Å². The van der Waals surface area contributed by atoms with Crippen molar-refractivity contribution in [1.82, 2.24) is 0 Å². The summed E-state index contributed by atoms with van der Waals surface area (Å²) in [6, 6.07) is 15.4. The van der Waals surface area contributed by atoms with E-state index in [9.17, 15) is 4.79 Å². The van der Waals surface area contributed by atoms with Crippen LogP contribution in [0.5, 0.6) is 5.75 Å². The Morgan fingerprint density at radius 2 is 1.73 bits per heavy atom. The van der Waals surface area contributed by atoms with Crippen LogP contribution in [0.25, 0.3) is 0 Å². The van der Waals surface area contributed by atoms with Gasteiger partial charge in [-0.2, -0.15) is 0 Å². The summed E-state index contributed by atoms with van der Waals surface area (Å²) in [6.07, 6.45) is 3.45. The van der Waals surface area contributed by atoms with Crippen molar-refractivity contribution in [2.75, 3.05) is 17.8 Å². The van der Waals surface area contributed by atoms with Crippen LogP contribution in [0, 0.1) is 0 Å². The second-order valence-corrected chi connectivity index (χ2v) is 6.35. The summed E-state index contributed by atoms with van der Waals surface area (Å²) >= 11 is 3.27. The van der Waals surface area contributed by atoms with Crippen molar-refractivity contribution >= 4 is 35.1 Å². The highest BCUT2D eigenvalue weighted by Crippen LogP contribution is 2.25. The van der Waals surface area contributed by atoms with Crippen LogP contribution in [-0.2, 0) is 4.79 Å². The summed E-state index contributed by atoms with van der Waals surface area (Å²) in [5, 5.41) is 2.92. The molecule has 2 rings (SSSR count). The Bertz CT molecular complexity index is 629. The molecule has 1 amide bonds. The van der Waals surface area contributed by atoms with Gasteiger partial charge >= 0.3 is 0 Å². The highest BCUT2D eigenvalue weighted by molar-refractivity contribution is 7.99. The lowest BCUT2D eigenvalue weighted by Gasteiger charge is -2.16. The van der Waals surface area contributed by atoms with Crippen LogP contribution < -0.4 is 10.1 Å². The van der Waals surface area contributed by atoms with Gasteiger partial charge in [-0.05, 0) is 55.8 Å². The van der Waals surface area contributed by atoms with E-state index in [0.717, 1.165) is 10.6 Å². The molecule has 0 aromatic heterocycles. The molecule has 22 heavy (non-hydrogen) atoms. The monoisotopic (exact) mass is 333 g/mol. The molecule has 5 heteroatoms. The average Bonchev–Trinajstić information content (AvgIpc) is 2.56. The lowest BCUT2D eigenvalue weighted by molar-refractivity contribution is -0.122. The summed E-state index contributed by atoms with van der Waals surface area (Å²) in [5.41, 5.74) is 0.813. The van der Waals surface area contributed by atoms with Gasteiger partial charge in [0, 0.05) is 9.79 Å². The van der Waals surface area contributed by atoms with E-state index in [1.165, 1.54) is 4.90 Å². The Labute approximate surface area is 139 Å². The molecule has 0 aliphatic heterocycles. The third-order valence-electron chi connectivity index (χ3n) is 3.11. The SMILES string of the molecule is CSc1ccc(OC(C)C(=O)Nc2ccccc2SC)cc1. The van der Waals surface area contributed by atoms with E-state index in [4.69, 9.17) is 4.74 Å². The van der Waals surface area contributed by atoms with Crippen molar-refractivity contribution < 1.29 is 9.53 Å². The van der Waals surface area contributed by atoms with E-state index in [-0.39, 0.29) is 5.91 Å². The molecule has 0 saturated heterocycles. The lowest BCUT2D eigenvalue weighted by atomic mass is 10.3. The molecule has 0 aliphatic rings. The molecule has 0 saturated carbocycles. The summed E-state index contributed by atoms with van der Waals surface area (Å²) in [6.45, 7) is 1.75. The fraction of sp³-hybridized carbons (Fsp3) is 0.235. The van der Waals surface area contributed by atoms with Crippen LogP contribution in [0.1, 0.15) is 6.92 Å². The van der Waals surface area contributed by atoms with E-state index in [1.807, 2.05) is 61.0 Å². The van der Waals surface area contributed by atoms with E-state index < -0.39 is 6.10 Å². The maximum absolute atomic E-state index is 12.3. The van der Waals surface area contributed by atoms with Gasteiger partial charge in [0.1, 0.15) is 5.75 Å². The number of carbonyl (C=O) groups is 1. The molecule has 0 bridgehead atoms. The standard InChI is InChI=1S/C17H19NO2S2/c1-12(20-13-8-10-14(21-2)11-9-13)17(19)18-15-6-4-5-7-16(15)22-3/h4-12H,1-3H3,(H,18,19). The fourth-order valence-electron chi connectivity index (χ4n) is 1.89. The fourth-order valence-corrected chi connectivity index (χ4v) is 2.86. The third kappa shape index (κ3) is 4.45. The van der Waals surface area contributed by atoms with Crippen LogP contribution in [-0.4, -0.2) is 24.5 Å². The number of ether oxygens (including phenoxy) is 1. The highest BCUT2D eigenvalue weighted by atomic mass is 32.2. The Hall–Kier alpha value is -1.59. The van der Waals surface area contributed by atoms with Crippen molar-refractivity contribution in [2.45, 2.75) is 22.8 Å². The minimum atomic E-state index is -0.560. The first kappa shape index (κ1) is 16.8. The average molecular weight is 333 g/mol. The van der Waals surface area contributed by atoms with Gasteiger partial charge < -0.3 is 10.1 Å². The minimum absolute atomic E-state index is 0.157. The molecule has 3 nitrogen and oxygen atoms in total. The normalized spacial score (nSPS) is 11.8. The molecule has 1 atom stereocenters. The second-order valence-electron chi connectivity index (χ2n) is 4.63. The summed E-state index contributed by atoms with van der Waals surface area (Å²) in [4.78, 5) is 14.5. The van der Waals surface area contributed by atoms with E-state index >= 15 is 0 Å². The number of benzene rings is 2. The third-order valence-corrected chi connectivity index (χ3v) is 4.65. The first-order valence-electron chi connectivity index (χ1n) is 6.88. The van der Waals surface area contributed by atoms with E-state index in [2.05, 4.69) is 5.32 Å². The molecule has 0 heterocycles. The maximum atomic E-state index is 12.3. The molecule has 0 spiro atoms. The summed E-state index contributed by atoms with van der Waals surface area (Å²) in [5.74, 6) is 0.536.